The molecule has 0 N–H and O–H groups in total. The first-order valence-corrected chi connectivity index (χ1v) is 6.98. The molecule has 0 bridgehead atoms. The van der Waals surface area contributed by atoms with Crippen LogP contribution in [0.4, 0.5) is 0 Å². The lowest BCUT2D eigenvalue weighted by molar-refractivity contribution is 0.0967. The zero-order valence-corrected chi connectivity index (χ0v) is 12.0. The Bertz CT molecular complexity index is 1080. The largest absolute Gasteiger partial charge is 0.290 e. The Morgan fingerprint density at radius 3 is 2.78 bits per heavy atom. The number of Topliss-reactive ketones (excluding diaryl/α,β-unsaturated/α-hetero) is 1. The molecule has 0 saturated heterocycles. The van der Waals surface area contributed by atoms with Crippen molar-refractivity contribution < 1.29 is 4.79 Å². The number of hydrogen-bond acceptors (Lipinski definition) is 5. The van der Waals surface area contributed by atoms with E-state index in [4.69, 9.17) is 0 Å². The molecule has 0 aliphatic carbocycles. The fraction of sp³-hybridized carbons (Fsp3) is 0.0625. The minimum absolute atomic E-state index is 0.114. The molecule has 4 rings (SSSR count). The highest BCUT2D eigenvalue weighted by atomic mass is 16.1. The van der Waals surface area contributed by atoms with Crippen molar-refractivity contribution in [1.82, 2.24) is 23.9 Å². The fourth-order valence-corrected chi connectivity index (χ4v) is 2.61. The lowest BCUT2D eigenvalue weighted by Crippen LogP contribution is -2.26. The Morgan fingerprint density at radius 2 is 1.96 bits per heavy atom. The normalized spacial score (nSPS) is 11.1. The summed E-state index contributed by atoms with van der Waals surface area (Å²) in [6.45, 7) is -0.114. The van der Waals surface area contributed by atoms with E-state index in [1.54, 1.807) is 29.1 Å². The summed E-state index contributed by atoms with van der Waals surface area (Å²) in [6.07, 6.45) is 7.53. The summed E-state index contributed by atoms with van der Waals surface area (Å²) in [7, 11) is 0. The van der Waals surface area contributed by atoms with E-state index >= 15 is 0 Å². The van der Waals surface area contributed by atoms with E-state index in [1.807, 2.05) is 12.1 Å². The van der Waals surface area contributed by atoms with Gasteiger partial charge in [0.1, 0.15) is 17.7 Å². The van der Waals surface area contributed by atoms with Gasteiger partial charge < -0.3 is 0 Å². The molecule has 0 amide bonds. The molecule has 0 spiro atoms. The standard InChI is InChI=1S/C16H11N5O2/c22-14(12-7-17-5-6-19-12)9-20-15-8-18-10-21(15)13-4-2-1-3-11(13)16(20)23/h1-8,10H,9H2. The third-order valence-electron chi connectivity index (χ3n) is 3.69. The zero-order valence-electron chi connectivity index (χ0n) is 12.0. The van der Waals surface area contributed by atoms with Gasteiger partial charge in [-0.3, -0.25) is 23.5 Å². The summed E-state index contributed by atoms with van der Waals surface area (Å²) in [5.41, 5.74) is 1.32. The number of benzene rings is 1. The second kappa shape index (κ2) is 5.13. The van der Waals surface area contributed by atoms with Gasteiger partial charge in [-0.1, -0.05) is 12.1 Å². The van der Waals surface area contributed by atoms with Crippen LogP contribution >= 0.6 is 0 Å². The number of hydrogen-bond donors (Lipinski definition) is 0. The first kappa shape index (κ1) is 13.3. The lowest BCUT2D eigenvalue weighted by atomic mass is 10.2. The van der Waals surface area contributed by atoms with Crippen LogP contribution in [0.2, 0.25) is 0 Å². The maximum absolute atomic E-state index is 12.7. The quantitative estimate of drug-likeness (QED) is 0.533. The molecule has 7 heteroatoms. The number of imidazole rings is 1. The van der Waals surface area contributed by atoms with Crippen LogP contribution in [-0.2, 0) is 6.54 Å². The monoisotopic (exact) mass is 305 g/mol. The van der Waals surface area contributed by atoms with Crippen LogP contribution in [0.3, 0.4) is 0 Å². The van der Waals surface area contributed by atoms with Gasteiger partial charge in [-0.25, -0.2) is 9.97 Å². The van der Waals surface area contributed by atoms with E-state index in [2.05, 4.69) is 15.0 Å². The first-order valence-electron chi connectivity index (χ1n) is 6.98. The number of carbonyl (C=O) groups is 1. The highest BCUT2D eigenvalue weighted by Gasteiger charge is 2.15. The topological polar surface area (TPSA) is 82.2 Å². The van der Waals surface area contributed by atoms with Crippen molar-refractivity contribution in [3.8, 4) is 0 Å². The summed E-state index contributed by atoms with van der Waals surface area (Å²) >= 11 is 0. The maximum Gasteiger partial charge on any atom is 0.262 e. The molecule has 0 atom stereocenters. The van der Waals surface area contributed by atoms with E-state index in [0.29, 0.717) is 11.0 Å². The van der Waals surface area contributed by atoms with Crippen molar-refractivity contribution in [2.24, 2.45) is 0 Å². The molecule has 23 heavy (non-hydrogen) atoms. The van der Waals surface area contributed by atoms with E-state index in [-0.39, 0.29) is 23.6 Å². The van der Waals surface area contributed by atoms with Crippen molar-refractivity contribution >= 4 is 22.3 Å². The van der Waals surface area contributed by atoms with Gasteiger partial charge in [0.15, 0.2) is 0 Å². The van der Waals surface area contributed by atoms with Gasteiger partial charge in [-0.15, -0.1) is 0 Å². The second-order valence-electron chi connectivity index (χ2n) is 5.04. The Labute approximate surface area is 129 Å². The lowest BCUT2D eigenvalue weighted by Gasteiger charge is -2.10. The Morgan fingerprint density at radius 1 is 1.09 bits per heavy atom. The van der Waals surface area contributed by atoms with E-state index in [0.717, 1.165) is 5.52 Å². The van der Waals surface area contributed by atoms with Crippen molar-refractivity contribution in [2.75, 3.05) is 0 Å². The molecule has 0 aliphatic heterocycles. The molecule has 3 aromatic heterocycles. The van der Waals surface area contributed by atoms with Crippen molar-refractivity contribution in [3.05, 3.63) is 71.4 Å². The second-order valence-corrected chi connectivity index (χ2v) is 5.04. The number of para-hydroxylation sites is 1. The molecular formula is C16H11N5O2. The zero-order chi connectivity index (χ0) is 15.8. The minimum atomic E-state index is -0.279. The third kappa shape index (κ3) is 2.10. The van der Waals surface area contributed by atoms with E-state index in [9.17, 15) is 9.59 Å². The van der Waals surface area contributed by atoms with Crippen LogP contribution in [0, 0.1) is 0 Å². The molecule has 0 radical (unpaired) electrons. The number of fused-ring (bicyclic) bond motifs is 3. The molecular weight excluding hydrogens is 294 g/mol. The van der Waals surface area contributed by atoms with Crippen LogP contribution in [-0.4, -0.2) is 29.7 Å². The van der Waals surface area contributed by atoms with Gasteiger partial charge in [-0.2, -0.15) is 0 Å². The molecule has 7 nitrogen and oxygen atoms in total. The van der Waals surface area contributed by atoms with Crippen LogP contribution in [0.5, 0.6) is 0 Å². The highest BCUT2D eigenvalue weighted by Crippen LogP contribution is 2.13. The number of carbonyl (C=O) groups excluding carboxylic acids is 1. The van der Waals surface area contributed by atoms with E-state index in [1.165, 1.54) is 23.2 Å². The van der Waals surface area contributed by atoms with Gasteiger partial charge >= 0.3 is 0 Å². The number of rotatable bonds is 3. The minimum Gasteiger partial charge on any atom is -0.290 e. The summed E-state index contributed by atoms with van der Waals surface area (Å²) in [6, 6.07) is 7.23. The average molecular weight is 305 g/mol. The van der Waals surface area contributed by atoms with Crippen molar-refractivity contribution in [3.63, 3.8) is 0 Å². The molecule has 1 aromatic carbocycles. The number of aromatic nitrogens is 5. The summed E-state index contributed by atoms with van der Waals surface area (Å²) in [5.74, 6) is -0.279. The van der Waals surface area contributed by atoms with Crippen LogP contribution in [0.1, 0.15) is 10.5 Å². The fourth-order valence-electron chi connectivity index (χ4n) is 2.61. The SMILES string of the molecule is O=C(Cn1c(=O)c2ccccc2n2cncc12)c1cnccn1. The number of nitrogens with zero attached hydrogens (tertiary/aromatic N) is 5. The van der Waals surface area contributed by atoms with Crippen LogP contribution < -0.4 is 5.56 Å². The molecule has 0 unspecified atom stereocenters. The molecule has 0 saturated carbocycles. The predicted molar refractivity (Wildman–Crippen MR) is 83.3 cm³/mol. The number of ketones is 1. The van der Waals surface area contributed by atoms with Crippen LogP contribution in [0.15, 0.2) is 60.2 Å². The summed E-state index contributed by atoms with van der Waals surface area (Å²) in [5, 5.41) is 0.532. The van der Waals surface area contributed by atoms with Gasteiger partial charge in [0.25, 0.3) is 5.56 Å². The van der Waals surface area contributed by atoms with Gasteiger partial charge in [0, 0.05) is 12.4 Å². The van der Waals surface area contributed by atoms with Crippen molar-refractivity contribution in [2.45, 2.75) is 6.54 Å². The Hall–Kier alpha value is -3.35. The maximum atomic E-state index is 12.7. The first-order chi connectivity index (χ1) is 11.3. The van der Waals surface area contributed by atoms with E-state index < -0.39 is 0 Å². The Balaban J connectivity index is 1.92. The molecule has 0 fully saturated rings. The summed E-state index contributed by atoms with van der Waals surface area (Å²) in [4.78, 5) is 37.1. The summed E-state index contributed by atoms with van der Waals surface area (Å²) < 4.78 is 3.20. The van der Waals surface area contributed by atoms with Gasteiger partial charge in [0.2, 0.25) is 5.78 Å². The highest BCUT2D eigenvalue weighted by molar-refractivity contribution is 5.94. The average Bonchev–Trinajstić information content (AvgIpc) is 3.09. The Kier molecular flexibility index (Phi) is 2.97. The molecule has 4 aromatic rings. The van der Waals surface area contributed by atoms with Crippen molar-refractivity contribution in [1.29, 1.82) is 0 Å². The molecule has 112 valence electrons. The van der Waals surface area contributed by atoms with Gasteiger partial charge in [-0.05, 0) is 12.1 Å². The molecule has 0 aliphatic rings. The van der Waals surface area contributed by atoms with Gasteiger partial charge in [0.05, 0.1) is 29.8 Å². The molecule has 3 heterocycles. The smallest absolute Gasteiger partial charge is 0.262 e. The third-order valence-corrected chi connectivity index (χ3v) is 3.69. The predicted octanol–water partition coefficient (Wildman–Crippen LogP) is 1.32. The van der Waals surface area contributed by atoms with Crippen LogP contribution in [0.25, 0.3) is 16.6 Å².